The third-order valence-corrected chi connectivity index (χ3v) is 3.47. The van der Waals surface area contributed by atoms with Crippen LogP contribution in [0.4, 0.5) is 4.39 Å². The van der Waals surface area contributed by atoms with Crippen molar-refractivity contribution < 1.29 is 9.13 Å². The van der Waals surface area contributed by atoms with E-state index in [1.807, 2.05) is 12.1 Å². The summed E-state index contributed by atoms with van der Waals surface area (Å²) < 4.78 is 20.4. The van der Waals surface area contributed by atoms with Gasteiger partial charge >= 0.3 is 0 Å². The predicted octanol–water partition coefficient (Wildman–Crippen LogP) is 5.88. The van der Waals surface area contributed by atoms with Gasteiger partial charge in [0.05, 0.1) is 5.88 Å². The van der Waals surface area contributed by atoms with E-state index in [1.54, 1.807) is 12.1 Å². The van der Waals surface area contributed by atoms with Crippen molar-refractivity contribution in [3.63, 3.8) is 0 Å². The Morgan fingerprint density at radius 2 is 1.83 bits per heavy atom. The molecule has 0 aromatic heterocycles. The Hall–Kier alpha value is -0.580. The lowest BCUT2D eigenvalue weighted by Gasteiger charge is -2.10. The Morgan fingerprint density at radius 1 is 1.06 bits per heavy atom. The van der Waals surface area contributed by atoms with Gasteiger partial charge in [-0.05, 0) is 30.3 Å². The van der Waals surface area contributed by atoms with Crippen LogP contribution in [0, 0.1) is 5.82 Å². The molecule has 0 unspecified atom stereocenters. The molecular formula is C13H8Br2ClFO. The fourth-order valence-corrected chi connectivity index (χ4v) is 2.53. The van der Waals surface area contributed by atoms with E-state index in [2.05, 4.69) is 31.9 Å². The molecule has 5 heteroatoms. The van der Waals surface area contributed by atoms with Gasteiger partial charge in [0.1, 0.15) is 17.3 Å². The normalized spacial score (nSPS) is 10.4. The number of hydrogen-bond acceptors (Lipinski definition) is 1. The Morgan fingerprint density at radius 3 is 2.50 bits per heavy atom. The van der Waals surface area contributed by atoms with Crippen LogP contribution in [0.5, 0.6) is 11.5 Å². The number of benzene rings is 2. The van der Waals surface area contributed by atoms with E-state index in [4.69, 9.17) is 16.3 Å². The lowest BCUT2D eigenvalue weighted by Crippen LogP contribution is -1.90. The van der Waals surface area contributed by atoms with E-state index in [-0.39, 0.29) is 5.82 Å². The molecule has 18 heavy (non-hydrogen) atoms. The summed E-state index contributed by atoms with van der Waals surface area (Å²) in [5.41, 5.74) is 0.839. The van der Waals surface area contributed by atoms with Gasteiger partial charge in [0.25, 0.3) is 0 Å². The molecule has 2 aromatic carbocycles. The molecule has 0 aliphatic heterocycles. The quantitative estimate of drug-likeness (QED) is 0.591. The van der Waals surface area contributed by atoms with Crippen LogP contribution in [0.15, 0.2) is 45.3 Å². The monoisotopic (exact) mass is 392 g/mol. The van der Waals surface area contributed by atoms with Gasteiger partial charge in [-0.3, -0.25) is 0 Å². The minimum absolute atomic E-state index is 0.325. The van der Waals surface area contributed by atoms with Crippen molar-refractivity contribution in [1.82, 2.24) is 0 Å². The molecule has 0 aliphatic carbocycles. The summed E-state index contributed by atoms with van der Waals surface area (Å²) in [4.78, 5) is 0. The lowest BCUT2D eigenvalue weighted by molar-refractivity contribution is 0.472. The van der Waals surface area contributed by atoms with E-state index in [9.17, 15) is 4.39 Å². The second kappa shape index (κ2) is 6.04. The maximum Gasteiger partial charge on any atom is 0.131 e. The van der Waals surface area contributed by atoms with Gasteiger partial charge in [-0.25, -0.2) is 4.39 Å². The van der Waals surface area contributed by atoms with Gasteiger partial charge in [-0.15, -0.1) is 11.6 Å². The predicted molar refractivity (Wildman–Crippen MR) is 77.9 cm³/mol. The Kier molecular flexibility index (Phi) is 4.65. The Bertz CT molecular complexity index is 555. The van der Waals surface area contributed by atoms with Crippen molar-refractivity contribution >= 4 is 43.5 Å². The first-order chi connectivity index (χ1) is 8.58. The maximum atomic E-state index is 13.2. The molecule has 0 atom stereocenters. The molecule has 0 bridgehead atoms. The summed E-state index contributed by atoms with van der Waals surface area (Å²) in [6.45, 7) is 0. The van der Waals surface area contributed by atoms with Gasteiger partial charge < -0.3 is 4.74 Å². The van der Waals surface area contributed by atoms with Crippen LogP contribution in [0.2, 0.25) is 0 Å². The fourth-order valence-electron chi connectivity index (χ4n) is 1.47. The van der Waals surface area contributed by atoms with Gasteiger partial charge in [0, 0.05) is 20.6 Å². The largest absolute Gasteiger partial charge is 0.457 e. The van der Waals surface area contributed by atoms with Crippen molar-refractivity contribution in [3.8, 4) is 11.5 Å². The number of hydrogen-bond donors (Lipinski definition) is 0. The first-order valence-corrected chi connectivity index (χ1v) is 7.19. The van der Waals surface area contributed by atoms with E-state index in [0.717, 1.165) is 10.0 Å². The smallest absolute Gasteiger partial charge is 0.131 e. The average molecular weight is 394 g/mol. The zero-order chi connectivity index (χ0) is 13.1. The molecule has 0 spiro atoms. The lowest BCUT2D eigenvalue weighted by atomic mass is 10.2. The van der Waals surface area contributed by atoms with E-state index in [0.29, 0.717) is 21.9 Å². The van der Waals surface area contributed by atoms with Crippen LogP contribution >= 0.6 is 43.5 Å². The van der Waals surface area contributed by atoms with Crippen molar-refractivity contribution in [2.45, 2.75) is 5.88 Å². The first kappa shape index (κ1) is 13.8. The Labute approximate surface area is 126 Å². The topological polar surface area (TPSA) is 9.23 Å². The third kappa shape index (κ3) is 3.46. The highest BCUT2D eigenvalue weighted by Crippen LogP contribution is 2.31. The molecule has 0 fully saturated rings. The minimum Gasteiger partial charge on any atom is -0.457 e. The van der Waals surface area contributed by atoms with Crippen LogP contribution in [0.3, 0.4) is 0 Å². The molecular weight excluding hydrogens is 386 g/mol. The molecule has 0 saturated heterocycles. The summed E-state index contributed by atoms with van der Waals surface area (Å²) in [7, 11) is 0. The highest BCUT2D eigenvalue weighted by molar-refractivity contribution is 9.10. The van der Waals surface area contributed by atoms with Crippen LogP contribution in [-0.2, 0) is 5.88 Å². The van der Waals surface area contributed by atoms with Gasteiger partial charge in [0.15, 0.2) is 0 Å². The number of ether oxygens (including phenoxy) is 1. The second-order valence-electron chi connectivity index (χ2n) is 3.59. The van der Waals surface area contributed by atoms with E-state index >= 15 is 0 Å². The molecule has 2 rings (SSSR count). The van der Waals surface area contributed by atoms with Crippen molar-refractivity contribution in [3.05, 3.63) is 56.7 Å². The summed E-state index contributed by atoms with van der Waals surface area (Å²) in [5, 5.41) is 0. The highest BCUT2D eigenvalue weighted by atomic mass is 79.9. The second-order valence-corrected chi connectivity index (χ2v) is 5.69. The molecule has 0 amide bonds. The fraction of sp³-hybridized carbons (Fsp3) is 0.0769. The molecule has 2 aromatic rings. The van der Waals surface area contributed by atoms with E-state index < -0.39 is 0 Å². The summed E-state index contributed by atoms with van der Waals surface area (Å²) in [6.07, 6.45) is 0. The van der Waals surface area contributed by atoms with Crippen LogP contribution in [0.1, 0.15) is 5.56 Å². The maximum absolute atomic E-state index is 13.2. The molecule has 0 aliphatic rings. The third-order valence-electron chi connectivity index (χ3n) is 2.23. The molecule has 0 N–H and O–H groups in total. The number of rotatable bonds is 3. The highest BCUT2D eigenvalue weighted by Gasteiger charge is 2.07. The van der Waals surface area contributed by atoms with Crippen molar-refractivity contribution in [1.29, 1.82) is 0 Å². The van der Waals surface area contributed by atoms with Gasteiger partial charge in [0.2, 0.25) is 0 Å². The van der Waals surface area contributed by atoms with Crippen LogP contribution in [0.25, 0.3) is 0 Å². The molecule has 0 heterocycles. The summed E-state index contributed by atoms with van der Waals surface area (Å²) >= 11 is 12.4. The first-order valence-electron chi connectivity index (χ1n) is 5.07. The summed E-state index contributed by atoms with van der Waals surface area (Å²) in [5.74, 6) is 1.01. The number of alkyl halides is 1. The molecule has 0 saturated carbocycles. The Balaban J connectivity index is 2.33. The van der Waals surface area contributed by atoms with Gasteiger partial charge in [-0.1, -0.05) is 31.9 Å². The number of halogens is 4. The van der Waals surface area contributed by atoms with Crippen LogP contribution in [-0.4, -0.2) is 0 Å². The molecule has 94 valence electrons. The summed E-state index contributed by atoms with van der Waals surface area (Å²) in [6, 6.07) is 9.90. The van der Waals surface area contributed by atoms with Crippen LogP contribution < -0.4 is 4.74 Å². The zero-order valence-electron chi connectivity index (χ0n) is 9.09. The van der Waals surface area contributed by atoms with Gasteiger partial charge in [-0.2, -0.15) is 0 Å². The van der Waals surface area contributed by atoms with Crippen molar-refractivity contribution in [2.24, 2.45) is 0 Å². The SMILES string of the molecule is Fc1cc(Br)cc(Oc2ccc(Br)cc2CCl)c1. The average Bonchev–Trinajstić information content (AvgIpc) is 2.30. The molecule has 0 radical (unpaired) electrons. The minimum atomic E-state index is -0.357. The zero-order valence-corrected chi connectivity index (χ0v) is 13.0. The van der Waals surface area contributed by atoms with E-state index in [1.165, 1.54) is 12.1 Å². The van der Waals surface area contributed by atoms with Crippen molar-refractivity contribution in [2.75, 3.05) is 0 Å². The standard InChI is InChI=1S/C13H8Br2ClFO/c14-9-1-2-13(8(3-9)7-16)18-12-5-10(15)4-11(17)6-12/h1-6H,7H2. The molecule has 1 nitrogen and oxygen atoms in total.